The Kier molecular flexibility index (Phi) is 11.0. The zero-order valence-corrected chi connectivity index (χ0v) is 23.3. The number of ether oxygens (including phenoxy) is 2. The van der Waals surface area contributed by atoms with E-state index >= 15 is 0 Å². The van der Waals surface area contributed by atoms with Crippen molar-refractivity contribution < 1.29 is 19.2 Å². The van der Waals surface area contributed by atoms with E-state index in [2.05, 4.69) is 14.7 Å². The Morgan fingerprint density at radius 3 is 2.10 bits per heavy atom. The van der Waals surface area contributed by atoms with Gasteiger partial charge in [-0.05, 0) is 62.9 Å². The van der Waals surface area contributed by atoms with Crippen LogP contribution in [-0.2, 0) is 17.6 Å². The molecule has 4 rings (SSSR count). The molecular weight excluding hydrogens is 565 g/mol. The summed E-state index contributed by atoms with van der Waals surface area (Å²) in [5.41, 5.74) is 3.71. The van der Waals surface area contributed by atoms with E-state index in [0.717, 1.165) is 41.8 Å². The molecule has 0 N–H and O–H groups in total. The van der Waals surface area contributed by atoms with Crippen LogP contribution in [0.3, 0.4) is 0 Å². The first-order valence-corrected chi connectivity index (χ1v) is 12.8. The van der Waals surface area contributed by atoms with Crippen molar-refractivity contribution in [3.8, 4) is 17.2 Å². The van der Waals surface area contributed by atoms with Crippen LogP contribution in [0, 0.1) is 24.0 Å². The number of halogens is 3. The van der Waals surface area contributed by atoms with Crippen LogP contribution in [0.5, 0.6) is 17.2 Å². The second kappa shape index (κ2) is 14.4. The first-order valence-electron chi connectivity index (χ1n) is 11.7. The number of nitro benzene ring substituents is 1. The minimum atomic E-state index is -0.563. The number of carbonyl (C=O) groups excluding carboxylic acids is 1. The molecule has 0 saturated carbocycles. The van der Waals surface area contributed by atoms with Gasteiger partial charge >= 0.3 is 0 Å². The van der Waals surface area contributed by atoms with Crippen LogP contribution in [0.1, 0.15) is 28.9 Å². The van der Waals surface area contributed by atoms with Crippen molar-refractivity contribution in [3.63, 3.8) is 0 Å². The molecule has 0 fully saturated rings. The number of hydrogen-bond acceptors (Lipinski definition) is 7. The average Bonchev–Trinajstić information content (AvgIpc) is 2.91. The van der Waals surface area contributed by atoms with Gasteiger partial charge in [-0.2, -0.15) is 0 Å². The molecule has 0 atom stereocenters. The maximum atomic E-state index is 10.9. The predicted octanol–water partition coefficient (Wildman–Crippen LogP) is 8.15. The summed E-state index contributed by atoms with van der Waals surface area (Å²) in [6.45, 7) is 4.26. The molecule has 0 amide bonds. The van der Waals surface area contributed by atoms with Gasteiger partial charge in [0.05, 0.1) is 31.4 Å². The fourth-order valence-corrected chi connectivity index (χ4v) is 4.15. The Labute approximate surface area is 240 Å². The summed E-state index contributed by atoms with van der Waals surface area (Å²) in [6, 6.07) is 17.2. The lowest BCUT2D eigenvalue weighted by Crippen LogP contribution is -1.97. The molecule has 0 aliphatic carbocycles. The van der Waals surface area contributed by atoms with Gasteiger partial charge < -0.3 is 9.47 Å². The molecule has 3 aromatic carbocycles. The third-order valence-corrected chi connectivity index (χ3v) is 6.51. The van der Waals surface area contributed by atoms with Gasteiger partial charge in [0.25, 0.3) is 12.2 Å². The van der Waals surface area contributed by atoms with Gasteiger partial charge in [0.1, 0.15) is 17.8 Å². The lowest BCUT2D eigenvalue weighted by atomic mass is 10.1. The monoisotopic (exact) mass is 587 g/mol. The summed E-state index contributed by atoms with van der Waals surface area (Å²) in [7, 11) is 0. The molecule has 0 spiro atoms. The summed E-state index contributed by atoms with van der Waals surface area (Å²) >= 11 is 18.4. The number of non-ortho nitro benzene ring substituents is 1. The maximum absolute atomic E-state index is 10.9. The number of aryl methyl sites for hydroxylation is 4. The number of rotatable bonds is 9. The third kappa shape index (κ3) is 8.92. The van der Waals surface area contributed by atoms with Crippen LogP contribution in [0.2, 0.25) is 15.1 Å². The van der Waals surface area contributed by atoms with E-state index in [-0.39, 0.29) is 21.5 Å². The van der Waals surface area contributed by atoms with Crippen LogP contribution >= 0.6 is 34.8 Å². The summed E-state index contributed by atoms with van der Waals surface area (Å²) in [5, 5.41) is 11.6. The normalized spacial score (nSPS) is 10.3. The zero-order valence-electron chi connectivity index (χ0n) is 21.1. The number of aromatic nitrogens is 2. The van der Waals surface area contributed by atoms with Gasteiger partial charge in [-0.3, -0.25) is 14.9 Å². The van der Waals surface area contributed by atoms with E-state index in [4.69, 9.17) is 39.5 Å². The maximum Gasteiger partial charge on any atom is 0.298 e. The van der Waals surface area contributed by atoms with E-state index in [1.165, 1.54) is 18.5 Å². The van der Waals surface area contributed by atoms with Gasteiger partial charge in [-0.25, -0.2) is 9.97 Å². The highest BCUT2D eigenvalue weighted by Crippen LogP contribution is 2.39. The Morgan fingerprint density at radius 2 is 1.51 bits per heavy atom. The quantitative estimate of drug-likeness (QED) is 0.110. The number of benzene rings is 3. The summed E-state index contributed by atoms with van der Waals surface area (Å²) in [4.78, 5) is 28.4. The first-order chi connectivity index (χ1) is 18.7. The molecule has 0 aliphatic heterocycles. The Balaban J connectivity index is 0.000000353. The SMILES string of the molecule is Cc1ccc(OC=O)cc1.Cc1ncnc(CCCc2ccc(Oc3c(Cl)cc([N+](=O)[O-])cc3Cl)cc2)c1Cl. The van der Waals surface area contributed by atoms with Crippen molar-refractivity contribution in [2.24, 2.45) is 0 Å². The highest BCUT2D eigenvalue weighted by Gasteiger charge is 2.16. The molecule has 1 heterocycles. The van der Waals surface area contributed by atoms with Crippen LogP contribution in [0.4, 0.5) is 5.69 Å². The third-order valence-electron chi connectivity index (χ3n) is 5.46. The van der Waals surface area contributed by atoms with Crippen LogP contribution in [-0.4, -0.2) is 21.4 Å². The topological polar surface area (TPSA) is 104 Å². The Bertz CT molecular complexity index is 1410. The van der Waals surface area contributed by atoms with Crippen LogP contribution < -0.4 is 9.47 Å². The van der Waals surface area contributed by atoms with Gasteiger partial charge in [0.2, 0.25) is 0 Å². The van der Waals surface area contributed by atoms with E-state index < -0.39 is 4.92 Å². The minimum absolute atomic E-state index is 0.0744. The molecular formula is C28H24Cl3N3O5. The molecule has 0 bridgehead atoms. The smallest absolute Gasteiger partial charge is 0.298 e. The van der Waals surface area contributed by atoms with Gasteiger partial charge in [-0.15, -0.1) is 0 Å². The zero-order chi connectivity index (χ0) is 28.4. The highest BCUT2D eigenvalue weighted by atomic mass is 35.5. The number of hydrogen-bond donors (Lipinski definition) is 0. The van der Waals surface area contributed by atoms with E-state index in [0.29, 0.717) is 23.0 Å². The Hall–Kier alpha value is -3.72. The largest absolute Gasteiger partial charge is 0.454 e. The predicted molar refractivity (Wildman–Crippen MR) is 151 cm³/mol. The highest BCUT2D eigenvalue weighted by molar-refractivity contribution is 6.37. The molecule has 11 heteroatoms. The first kappa shape index (κ1) is 29.8. The molecule has 39 heavy (non-hydrogen) atoms. The standard InChI is InChI=1S/C20H16Cl3N3O3.C8H8O2/c1-12-19(23)18(25-11-24-12)4-2-3-13-5-7-15(8-6-13)29-20-16(21)9-14(26(27)28)10-17(20)22;1-7-2-4-8(5-3-7)10-6-9/h5-11H,2-4H2,1H3;2-6H,1H3. The van der Waals surface area contributed by atoms with Crippen molar-refractivity contribution in [3.05, 3.63) is 115 Å². The van der Waals surface area contributed by atoms with E-state index in [9.17, 15) is 14.9 Å². The molecule has 0 aliphatic rings. The fourth-order valence-electron chi connectivity index (χ4n) is 3.41. The molecule has 8 nitrogen and oxygen atoms in total. The van der Waals surface area contributed by atoms with Gasteiger partial charge in [-0.1, -0.05) is 64.6 Å². The van der Waals surface area contributed by atoms with Crippen molar-refractivity contribution in [2.45, 2.75) is 33.1 Å². The molecule has 4 aromatic rings. The molecule has 1 aromatic heterocycles. The lowest BCUT2D eigenvalue weighted by Gasteiger charge is -2.10. The van der Waals surface area contributed by atoms with Crippen LogP contribution in [0.25, 0.3) is 0 Å². The van der Waals surface area contributed by atoms with Crippen molar-refractivity contribution in [1.82, 2.24) is 9.97 Å². The molecule has 0 radical (unpaired) electrons. The lowest BCUT2D eigenvalue weighted by molar-refractivity contribution is -0.384. The summed E-state index contributed by atoms with van der Waals surface area (Å²) < 4.78 is 10.3. The number of nitro groups is 1. The minimum Gasteiger partial charge on any atom is -0.454 e. The van der Waals surface area contributed by atoms with Gasteiger partial charge in [0, 0.05) is 12.1 Å². The molecule has 202 valence electrons. The number of carbonyl (C=O) groups is 1. The Morgan fingerprint density at radius 1 is 0.897 bits per heavy atom. The average molecular weight is 589 g/mol. The second-order valence-corrected chi connectivity index (χ2v) is 9.53. The summed E-state index contributed by atoms with van der Waals surface area (Å²) in [6.07, 6.45) is 4.01. The fraction of sp³-hybridized carbons (Fsp3) is 0.179. The molecule has 0 saturated heterocycles. The van der Waals surface area contributed by atoms with E-state index in [1.54, 1.807) is 24.3 Å². The van der Waals surface area contributed by atoms with Gasteiger partial charge in [0.15, 0.2) is 5.75 Å². The van der Waals surface area contributed by atoms with Crippen molar-refractivity contribution >= 4 is 47.0 Å². The van der Waals surface area contributed by atoms with E-state index in [1.807, 2.05) is 38.1 Å². The molecule has 0 unspecified atom stereocenters. The summed E-state index contributed by atoms with van der Waals surface area (Å²) in [5.74, 6) is 1.29. The number of nitrogens with zero attached hydrogens (tertiary/aromatic N) is 3. The van der Waals surface area contributed by atoms with Crippen molar-refractivity contribution in [1.29, 1.82) is 0 Å². The van der Waals surface area contributed by atoms with Crippen molar-refractivity contribution in [2.75, 3.05) is 0 Å². The second-order valence-electron chi connectivity index (χ2n) is 8.34. The van der Waals surface area contributed by atoms with Crippen LogP contribution in [0.15, 0.2) is 67.0 Å².